The molecule has 0 spiro atoms. The van der Waals surface area contributed by atoms with E-state index in [0.29, 0.717) is 24.8 Å². The number of aromatic nitrogens is 3. The van der Waals surface area contributed by atoms with Gasteiger partial charge in [0.2, 0.25) is 0 Å². The lowest BCUT2D eigenvalue weighted by Gasteiger charge is -2.28. The summed E-state index contributed by atoms with van der Waals surface area (Å²) in [5.74, 6) is 0.467. The van der Waals surface area contributed by atoms with Crippen molar-refractivity contribution in [2.75, 3.05) is 18.5 Å². The Morgan fingerprint density at radius 3 is 2.56 bits per heavy atom. The SMILES string of the molecule is CCCCOP(=O)(OCCCC)C(Nc1ccc2scnc2c1)c1ccnc(C2CC2)n1. The van der Waals surface area contributed by atoms with Crippen molar-refractivity contribution in [2.45, 2.75) is 64.1 Å². The maximum Gasteiger partial charge on any atom is 0.358 e. The standard InChI is InChI=1S/C23H31N4O3PS/c1-3-5-13-29-31(28,30-14-6-4-2)23(19-11-12-24-22(27-19)17-7-8-17)26-18-9-10-21-20(15-18)25-16-32-21/h9-12,15-17,23,26H,3-8,13-14H2,1-2H3. The molecule has 172 valence electrons. The van der Waals surface area contributed by atoms with Gasteiger partial charge in [0.15, 0.2) is 5.78 Å². The zero-order valence-electron chi connectivity index (χ0n) is 18.7. The third-order valence-corrected chi connectivity index (χ3v) is 8.33. The maximum absolute atomic E-state index is 14.2. The van der Waals surface area contributed by atoms with Crippen LogP contribution in [0.4, 0.5) is 5.69 Å². The molecule has 2 aromatic heterocycles. The molecule has 0 bridgehead atoms. The summed E-state index contributed by atoms with van der Waals surface area (Å²) < 4.78 is 27.3. The van der Waals surface area contributed by atoms with Crippen LogP contribution in [0.25, 0.3) is 10.2 Å². The molecule has 1 atom stereocenters. The van der Waals surface area contributed by atoms with E-state index in [1.54, 1.807) is 17.5 Å². The first kappa shape index (κ1) is 23.3. The van der Waals surface area contributed by atoms with Gasteiger partial charge in [0.05, 0.1) is 34.6 Å². The summed E-state index contributed by atoms with van der Waals surface area (Å²) >= 11 is 1.59. The van der Waals surface area contributed by atoms with Gasteiger partial charge in [-0.15, -0.1) is 11.3 Å². The number of hydrogen-bond donors (Lipinski definition) is 1. The molecule has 7 nitrogen and oxygen atoms in total. The second-order valence-corrected chi connectivity index (χ2v) is 11.1. The first-order valence-corrected chi connectivity index (χ1v) is 13.9. The number of nitrogens with zero attached hydrogens (tertiary/aromatic N) is 3. The molecule has 9 heteroatoms. The Morgan fingerprint density at radius 2 is 1.88 bits per heavy atom. The Balaban J connectivity index is 1.69. The fraction of sp³-hybridized carbons (Fsp3) is 0.522. The summed E-state index contributed by atoms with van der Waals surface area (Å²) in [5, 5.41) is 3.42. The zero-order chi connectivity index (χ0) is 22.4. The fourth-order valence-electron chi connectivity index (χ4n) is 3.36. The van der Waals surface area contributed by atoms with Crippen molar-refractivity contribution in [2.24, 2.45) is 0 Å². The average Bonchev–Trinajstić information content (AvgIpc) is 3.55. The van der Waals surface area contributed by atoms with Crippen molar-refractivity contribution in [1.29, 1.82) is 0 Å². The summed E-state index contributed by atoms with van der Waals surface area (Å²) in [4.78, 5) is 13.6. The summed E-state index contributed by atoms with van der Waals surface area (Å²) in [6.45, 7) is 4.92. The highest BCUT2D eigenvalue weighted by molar-refractivity contribution is 7.54. The summed E-state index contributed by atoms with van der Waals surface area (Å²) in [5.41, 5.74) is 4.16. The van der Waals surface area contributed by atoms with Crippen LogP contribution in [0.5, 0.6) is 0 Å². The van der Waals surface area contributed by atoms with E-state index in [9.17, 15) is 4.57 Å². The van der Waals surface area contributed by atoms with Crippen LogP contribution in [-0.4, -0.2) is 28.2 Å². The zero-order valence-corrected chi connectivity index (χ0v) is 20.4. The normalized spacial score (nSPS) is 15.2. The number of anilines is 1. The van der Waals surface area contributed by atoms with Gasteiger partial charge in [0.1, 0.15) is 5.82 Å². The Kier molecular flexibility index (Phi) is 7.89. The Bertz CT molecular complexity index is 1060. The Morgan fingerprint density at radius 1 is 1.12 bits per heavy atom. The molecule has 0 radical (unpaired) electrons. The van der Waals surface area contributed by atoms with E-state index >= 15 is 0 Å². The van der Waals surface area contributed by atoms with E-state index in [0.717, 1.165) is 60.3 Å². The van der Waals surface area contributed by atoms with Crippen LogP contribution in [0.15, 0.2) is 36.0 Å². The predicted octanol–water partition coefficient (Wildman–Crippen LogP) is 6.90. The number of thiazole rings is 1. The second kappa shape index (κ2) is 10.8. The minimum absolute atomic E-state index is 0.379. The maximum atomic E-state index is 14.2. The van der Waals surface area contributed by atoms with Crippen molar-refractivity contribution in [3.63, 3.8) is 0 Å². The highest BCUT2D eigenvalue weighted by atomic mass is 32.1. The van der Waals surface area contributed by atoms with Gasteiger partial charge in [0, 0.05) is 17.8 Å². The topological polar surface area (TPSA) is 86.2 Å². The molecule has 2 heterocycles. The van der Waals surface area contributed by atoms with Crippen LogP contribution in [0.1, 0.15) is 75.6 Å². The Hall–Kier alpha value is -1.86. The molecule has 0 saturated heterocycles. The number of fused-ring (bicyclic) bond motifs is 1. The smallest absolute Gasteiger partial charge is 0.358 e. The first-order chi connectivity index (χ1) is 15.6. The third kappa shape index (κ3) is 5.73. The molecule has 3 aromatic rings. The number of benzene rings is 1. The van der Waals surface area contributed by atoms with E-state index in [-0.39, 0.29) is 0 Å². The average molecular weight is 475 g/mol. The molecule has 4 rings (SSSR count). The number of unbranched alkanes of at least 4 members (excludes halogenated alkanes) is 2. The van der Waals surface area contributed by atoms with Gasteiger partial charge in [-0.3, -0.25) is 4.57 Å². The quantitative estimate of drug-likeness (QED) is 0.213. The summed E-state index contributed by atoms with van der Waals surface area (Å²) in [7, 11) is -3.57. The monoisotopic (exact) mass is 474 g/mol. The van der Waals surface area contributed by atoms with Crippen LogP contribution in [0, 0.1) is 0 Å². The third-order valence-electron chi connectivity index (χ3n) is 5.41. The van der Waals surface area contributed by atoms with Crippen molar-refractivity contribution < 1.29 is 13.6 Å². The molecule has 1 aliphatic carbocycles. The first-order valence-electron chi connectivity index (χ1n) is 11.4. The van der Waals surface area contributed by atoms with Crippen LogP contribution in [-0.2, 0) is 13.6 Å². The lowest BCUT2D eigenvalue weighted by molar-refractivity contribution is 0.194. The van der Waals surface area contributed by atoms with Crippen molar-refractivity contribution in [3.8, 4) is 0 Å². The second-order valence-electron chi connectivity index (χ2n) is 8.11. The molecule has 0 aliphatic heterocycles. The molecule has 32 heavy (non-hydrogen) atoms. The highest BCUT2D eigenvalue weighted by Crippen LogP contribution is 2.61. The summed E-state index contributed by atoms with van der Waals surface area (Å²) in [6, 6.07) is 7.76. The largest absolute Gasteiger partial charge is 0.367 e. The molecular weight excluding hydrogens is 443 g/mol. The van der Waals surface area contributed by atoms with Crippen molar-refractivity contribution in [1.82, 2.24) is 15.0 Å². The van der Waals surface area contributed by atoms with Crippen molar-refractivity contribution >= 4 is 34.8 Å². The van der Waals surface area contributed by atoms with Gasteiger partial charge < -0.3 is 14.4 Å². The number of nitrogens with one attached hydrogen (secondary N) is 1. The van der Waals surface area contributed by atoms with Gasteiger partial charge >= 0.3 is 7.60 Å². The summed E-state index contributed by atoms with van der Waals surface area (Å²) in [6.07, 6.45) is 7.47. The van der Waals surface area contributed by atoms with Gasteiger partial charge in [0.25, 0.3) is 0 Å². The highest BCUT2D eigenvalue weighted by Gasteiger charge is 2.39. The van der Waals surface area contributed by atoms with Gasteiger partial charge in [-0.2, -0.15) is 0 Å². The molecule has 1 unspecified atom stereocenters. The van der Waals surface area contributed by atoms with Crippen LogP contribution in [0.3, 0.4) is 0 Å². The van der Waals surface area contributed by atoms with Gasteiger partial charge in [-0.25, -0.2) is 15.0 Å². The lowest BCUT2D eigenvalue weighted by Crippen LogP contribution is -2.18. The minimum atomic E-state index is -3.57. The molecule has 1 aromatic carbocycles. The van der Waals surface area contributed by atoms with E-state index in [4.69, 9.17) is 14.0 Å². The molecular formula is C23H31N4O3PS. The molecule has 1 fully saturated rings. The van der Waals surface area contributed by atoms with E-state index < -0.39 is 13.4 Å². The van der Waals surface area contributed by atoms with E-state index in [1.807, 2.05) is 29.8 Å². The fourth-order valence-corrected chi connectivity index (χ4v) is 5.93. The molecule has 1 saturated carbocycles. The molecule has 0 amide bonds. The molecule has 1 aliphatic rings. The lowest BCUT2D eigenvalue weighted by atomic mass is 10.3. The van der Waals surface area contributed by atoms with Crippen LogP contribution >= 0.6 is 18.9 Å². The van der Waals surface area contributed by atoms with E-state index in [2.05, 4.69) is 29.1 Å². The van der Waals surface area contributed by atoms with Crippen LogP contribution in [0.2, 0.25) is 0 Å². The Labute approximate surface area is 193 Å². The van der Waals surface area contributed by atoms with Gasteiger partial charge in [-0.05, 0) is 49.9 Å². The van der Waals surface area contributed by atoms with Gasteiger partial charge in [-0.1, -0.05) is 26.7 Å². The van der Waals surface area contributed by atoms with E-state index in [1.165, 1.54) is 0 Å². The van der Waals surface area contributed by atoms with Crippen LogP contribution < -0.4 is 5.32 Å². The van der Waals surface area contributed by atoms with Crippen molar-refractivity contribution in [3.05, 3.63) is 47.5 Å². The molecule has 1 N–H and O–H groups in total. The number of hydrogen-bond acceptors (Lipinski definition) is 8. The predicted molar refractivity (Wildman–Crippen MR) is 129 cm³/mol. The number of rotatable bonds is 13. The minimum Gasteiger partial charge on any atom is -0.367 e.